The summed E-state index contributed by atoms with van der Waals surface area (Å²) in [6.07, 6.45) is 6.21. The number of guanidine groups is 1. The van der Waals surface area contributed by atoms with Crippen molar-refractivity contribution < 1.29 is 9.47 Å². The first-order valence-electron chi connectivity index (χ1n) is 9.00. The van der Waals surface area contributed by atoms with Crippen LogP contribution in [0.4, 0.5) is 5.69 Å². The fraction of sp³-hybridized carbons (Fsp3) is 0.611. The predicted molar refractivity (Wildman–Crippen MR) is 112 cm³/mol. The Morgan fingerprint density at radius 1 is 1.04 bits per heavy atom. The first-order valence-corrected chi connectivity index (χ1v) is 9.00. The molecule has 25 heavy (non-hydrogen) atoms. The van der Waals surface area contributed by atoms with Crippen LogP contribution in [0.5, 0.6) is 11.5 Å². The normalized spacial score (nSPS) is 18.6. The van der Waals surface area contributed by atoms with Crippen LogP contribution in [0.25, 0.3) is 0 Å². The van der Waals surface area contributed by atoms with Gasteiger partial charge in [0.2, 0.25) is 0 Å². The molecule has 0 aromatic heterocycles. The van der Waals surface area contributed by atoms with Gasteiger partial charge >= 0.3 is 0 Å². The molecule has 0 saturated carbocycles. The lowest BCUT2D eigenvalue weighted by molar-refractivity contribution is 0.293. The Balaban J connectivity index is 0.00000225. The van der Waals surface area contributed by atoms with Crippen molar-refractivity contribution in [1.29, 1.82) is 0 Å². The quantitative estimate of drug-likeness (QED) is 0.411. The molecule has 0 spiro atoms. The summed E-state index contributed by atoms with van der Waals surface area (Å²) in [6, 6.07) is 5.76. The number of hydrogen-bond acceptors (Lipinski definition) is 4. The Hall–Kier alpha value is -1.22. The molecule has 0 atom stereocenters. The number of nitrogens with two attached hydrogens (primary N) is 1. The third-order valence-electron chi connectivity index (χ3n) is 4.42. The van der Waals surface area contributed by atoms with Gasteiger partial charge in [-0.15, -0.1) is 24.0 Å². The zero-order valence-electron chi connectivity index (χ0n) is 14.7. The summed E-state index contributed by atoms with van der Waals surface area (Å²) in [5, 5.41) is 3.14. The van der Waals surface area contributed by atoms with Crippen LogP contribution < -0.4 is 20.5 Å². The van der Waals surface area contributed by atoms with E-state index in [0.717, 1.165) is 36.7 Å². The number of anilines is 1. The number of nitrogens with one attached hydrogen (secondary N) is 1. The molecule has 1 fully saturated rings. The van der Waals surface area contributed by atoms with Gasteiger partial charge in [-0.1, -0.05) is 12.8 Å². The van der Waals surface area contributed by atoms with Gasteiger partial charge in [-0.25, -0.2) is 0 Å². The monoisotopic (exact) mass is 460 g/mol. The van der Waals surface area contributed by atoms with Gasteiger partial charge in [0.25, 0.3) is 0 Å². The molecule has 0 aliphatic carbocycles. The third-order valence-corrected chi connectivity index (χ3v) is 4.42. The highest BCUT2D eigenvalue weighted by Crippen LogP contribution is 2.32. The van der Waals surface area contributed by atoms with Crippen LogP contribution in [0.15, 0.2) is 23.2 Å². The number of aliphatic imine (C=N–C) groups is 1. The Bertz CT molecular complexity index is 560. The number of benzene rings is 1. The largest absolute Gasteiger partial charge is 0.490 e. The van der Waals surface area contributed by atoms with Crippen molar-refractivity contribution in [1.82, 2.24) is 4.90 Å². The van der Waals surface area contributed by atoms with Crippen LogP contribution in [0.2, 0.25) is 0 Å². The van der Waals surface area contributed by atoms with E-state index in [9.17, 15) is 0 Å². The van der Waals surface area contributed by atoms with Crippen molar-refractivity contribution in [3.05, 3.63) is 18.2 Å². The van der Waals surface area contributed by atoms with E-state index in [-0.39, 0.29) is 24.0 Å². The molecule has 2 aliphatic rings. The van der Waals surface area contributed by atoms with E-state index >= 15 is 0 Å². The van der Waals surface area contributed by atoms with E-state index in [2.05, 4.69) is 15.2 Å². The van der Waals surface area contributed by atoms with Gasteiger partial charge in [0.1, 0.15) is 0 Å². The Kier molecular flexibility index (Phi) is 8.60. The average molecular weight is 460 g/mol. The SMILES string of the molecule is I.NC(=NCCN1CCCCCC1)Nc1ccc2c(c1)OCCCO2. The number of fused-ring (bicyclic) bond motifs is 1. The lowest BCUT2D eigenvalue weighted by Gasteiger charge is -2.18. The van der Waals surface area contributed by atoms with Gasteiger partial charge in [0.05, 0.1) is 19.8 Å². The maximum Gasteiger partial charge on any atom is 0.193 e. The van der Waals surface area contributed by atoms with Crippen molar-refractivity contribution >= 4 is 35.6 Å². The second kappa shape index (κ2) is 10.7. The van der Waals surface area contributed by atoms with Gasteiger partial charge in [-0.05, 0) is 38.1 Å². The summed E-state index contributed by atoms with van der Waals surface area (Å²) >= 11 is 0. The Morgan fingerprint density at radius 3 is 2.52 bits per heavy atom. The van der Waals surface area contributed by atoms with E-state index < -0.39 is 0 Å². The zero-order chi connectivity index (χ0) is 16.6. The molecule has 3 N–H and O–H groups in total. The average Bonchev–Trinajstić information content (AvgIpc) is 2.97. The minimum absolute atomic E-state index is 0. The summed E-state index contributed by atoms with van der Waals surface area (Å²) in [5.74, 6) is 1.99. The number of nitrogens with zero attached hydrogens (tertiary/aromatic N) is 2. The van der Waals surface area contributed by atoms with Crippen molar-refractivity contribution in [3.63, 3.8) is 0 Å². The lowest BCUT2D eigenvalue weighted by atomic mass is 10.2. The van der Waals surface area contributed by atoms with E-state index in [1.165, 1.54) is 38.8 Å². The molecular weight excluding hydrogens is 431 g/mol. The smallest absolute Gasteiger partial charge is 0.193 e. The van der Waals surface area contributed by atoms with Crippen LogP contribution in [0.3, 0.4) is 0 Å². The molecule has 140 valence electrons. The second-order valence-electron chi connectivity index (χ2n) is 6.36. The topological polar surface area (TPSA) is 72.1 Å². The van der Waals surface area contributed by atoms with E-state index in [1.54, 1.807) is 0 Å². The van der Waals surface area contributed by atoms with Crippen LogP contribution in [-0.4, -0.2) is 50.3 Å². The molecule has 0 amide bonds. The summed E-state index contributed by atoms with van der Waals surface area (Å²) in [7, 11) is 0. The van der Waals surface area contributed by atoms with Crippen LogP contribution in [-0.2, 0) is 0 Å². The highest BCUT2D eigenvalue weighted by Gasteiger charge is 2.11. The van der Waals surface area contributed by atoms with Crippen molar-refractivity contribution in [3.8, 4) is 11.5 Å². The Morgan fingerprint density at radius 2 is 1.76 bits per heavy atom. The number of halogens is 1. The number of hydrogen-bond donors (Lipinski definition) is 2. The predicted octanol–water partition coefficient (Wildman–Crippen LogP) is 3.07. The molecule has 2 heterocycles. The molecule has 6 nitrogen and oxygen atoms in total. The Labute approximate surface area is 167 Å². The fourth-order valence-electron chi connectivity index (χ4n) is 3.10. The van der Waals surface area contributed by atoms with Gasteiger partial charge in [-0.3, -0.25) is 4.99 Å². The van der Waals surface area contributed by atoms with Crippen molar-refractivity contribution in [2.45, 2.75) is 32.1 Å². The maximum absolute atomic E-state index is 6.01. The first kappa shape index (κ1) is 20.1. The van der Waals surface area contributed by atoms with Crippen molar-refractivity contribution in [2.24, 2.45) is 10.7 Å². The molecule has 7 heteroatoms. The van der Waals surface area contributed by atoms with Crippen LogP contribution in [0, 0.1) is 0 Å². The lowest BCUT2D eigenvalue weighted by Crippen LogP contribution is -2.29. The summed E-state index contributed by atoms with van der Waals surface area (Å²) in [4.78, 5) is 6.93. The zero-order valence-corrected chi connectivity index (χ0v) is 17.0. The van der Waals surface area contributed by atoms with E-state index in [4.69, 9.17) is 15.2 Å². The minimum atomic E-state index is 0. The highest BCUT2D eigenvalue weighted by molar-refractivity contribution is 14.0. The standard InChI is InChI=1S/C18H28N4O2.HI/c19-18(20-8-11-22-9-3-1-2-4-10-22)21-15-6-7-16-17(14-15)24-13-5-12-23-16;/h6-7,14H,1-5,8-13H2,(H3,19,20,21);1H. The van der Waals surface area contributed by atoms with Gasteiger partial charge in [0, 0.05) is 24.7 Å². The van der Waals surface area contributed by atoms with Crippen molar-refractivity contribution in [2.75, 3.05) is 44.7 Å². The molecule has 2 aliphatic heterocycles. The molecule has 1 saturated heterocycles. The molecular formula is C18H29IN4O2. The third kappa shape index (κ3) is 6.54. The molecule has 0 bridgehead atoms. The second-order valence-corrected chi connectivity index (χ2v) is 6.36. The van der Waals surface area contributed by atoms with Gasteiger partial charge < -0.3 is 25.4 Å². The van der Waals surface area contributed by atoms with Gasteiger partial charge in [0.15, 0.2) is 17.5 Å². The minimum Gasteiger partial charge on any atom is -0.490 e. The molecule has 0 unspecified atom stereocenters. The number of rotatable bonds is 4. The fourth-order valence-corrected chi connectivity index (χ4v) is 3.10. The summed E-state index contributed by atoms with van der Waals surface area (Å²) in [6.45, 7) is 5.44. The molecule has 1 aromatic carbocycles. The highest BCUT2D eigenvalue weighted by atomic mass is 127. The van der Waals surface area contributed by atoms with E-state index in [0.29, 0.717) is 19.2 Å². The summed E-state index contributed by atoms with van der Waals surface area (Å²) < 4.78 is 11.3. The van der Waals surface area contributed by atoms with E-state index in [1.807, 2.05) is 18.2 Å². The summed E-state index contributed by atoms with van der Waals surface area (Å²) in [5.41, 5.74) is 6.88. The molecule has 1 aromatic rings. The number of likely N-dealkylation sites (tertiary alicyclic amines) is 1. The maximum atomic E-state index is 6.01. The number of ether oxygens (including phenoxy) is 2. The molecule has 3 rings (SSSR count). The van der Waals surface area contributed by atoms with Gasteiger partial charge in [-0.2, -0.15) is 0 Å². The first-order chi connectivity index (χ1) is 11.8. The van der Waals surface area contributed by atoms with Crippen LogP contribution >= 0.6 is 24.0 Å². The molecule has 0 radical (unpaired) electrons. The van der Waals surface area contributed by atoms with Crippen LogP contribution in [0.1, 0.15) is 32.1 Å².